The average Bonchev–Trinajstić information content (AvgIpc) is 3.21. The predicted molar refractivity (Wildman–Crippen MR) is 144 cm³/mol. The molecule has 0 aliphatic carbocycles. The number of benzene rings is 2. The molecule has 8 heteroatoms. The highest BCUT2D eigenvalue weighted by molar-refractivity contribution is 14.0. The first-order valence-electron chi connectivity index (χ1n) is 11.2. The Kier molecular flexibility index (Phi) is 11.6. The summed E-state index contributed by atoms with van der Waals surface area (Å²) >= 11 is 0. The molecular weight excluding hydrogens is 529 g/mol. The lowest BCUT2D eigenvalue weighted by molar-refractivity contribution is -0.127. The van der Waals surface area contributed by atoms with Crippen LogP contribution in [-0.2, 0) is 24.3 Å². The van der Waals surface area contributed by atoms with Gasteiger partial charge in [0.25, 0.3) is 0 Å². The summed E-state index contributed by atoms with van der Waals surface area (Å²) in [5, 5.41) is 16.3. The first kappa shape index (κ1) is 27.1. The molecule has 1 aliphatic heterocycles. The van der Waals surface area contributed by atoms with Crippen molar-refractivity contribution in [3.05, 3.63) is 71.3 Å². The van der Waals surface area contributed by atoms with Crippen LogP contribution in [0.3, 0.4) is 0 Å². The summed E-state index contributed by atoms with van der Waals surface area (Å²) in [7, 11) is 3.49. The van der Waals surface area contributed by atoms with Gasteiger partial charge < -0.3 is 20.6 Å². The zero-order valence-corrected chi connectivity index (χ0v) is 21.9. The minimum atomic E-state index is -0.223. The second kappa shape index (κ2) is 14.2. The van der Waals surface area contributed by atoms with Gasteiger partial charge in [0.1, 0.15) is 0 Å². The lowest BCUT2D eigenvalue weighted by Gasteiger charge is -2.18. The molecule has 2 aromatic carbocycles. The highest BCUT2D eigenvalue weighted by atomic mass is 127. The number of halogens is 1. The Morgan fingerprint density at radius 3 is 2.45 bits per heavy atom. The fourth-order valence-corrected chi connectivity index (χ4v) is 3.69. The van der Waals surface area contributed by atoms with Crippen molar-refractivity contribution in [3.8, 4) is 0 Å². The van der Waals surface area contributed by atoms with Crippen molar-refractivity contribution in [2.24, 2.45) is 4.99 Å². The molecule has 3 N–H and O–H groups in total. The number of carbonyl (C=O) groups excluding carboxylic acids is 1. The van der Waals surface area contributed by atoms with E-state index in [-0.39, 0.29) is 42.5 Å². The van der Waals surface area contributed by atoms with Crippen LogP contribution in [0.5, 0.6) is 0 Å². The Balaban J connectivity index is 0.00000385. The first-order valence-corrected chi connectivity index (χ1v) is 11.2. The smallest absolute Gasteiger partial charge is 0.241 e. The fraction of sp³-hybridized carbons (Fsp3) is 0.440. The van der Waals surface area contributed by atoms with E-state index < -0.39 is 0 Å². The molecule has 0 aromatic heterocycles. The summed E-state index contributed by atoms with van der Waals surface area (Å²) in [5.41, 5.74) is 3.62. The number of nitrogens with one attached hydrogen (secondary N) is 2. The van der Waals surface area contributed by atoms with Gasteiger partial charge in [-0.1, -0.05) is 54.6 Å². The van der Waals surface area contributed by atoms with Crippen LogP contribution in [0.4, 0.5) is 0 Å². The van der Waals surface area contributed by atoms with Crippen molar-refractivity contribution >= 4 is 35.8 Å². The lowest BCUT2D eigenvalue weighted by atomic mass is 10.1. The van der Waals surface area contributed by atoms with E-state index in [2.05, 4.69) is 39.8 Å². The van der Waals surface area contributed by atoms with Crippen molar-refractivity contribution < 1.29 is 9.90 Å². The second-order valence-electron chi connectivity index (χ2n) is 8.42. The van der Waals surface area contributed by atoms with Gasteiger partial charge >= 0.3 is 0 Å². The molecule has 1 heterocycles. The van der Waals surface area contributed by atoms with Crippen molar-refractivity contribution in [2.45, 2.75) is 32.0 Å². The Morgan fingerprint density at radius 1 is 1.09 bits per heavy atom. The van der Waals surface area contributed by atoms with Crippen LogP contribution in [0.25, 0.3) is 0 Å². The number of aliphatic hydroxyl groups is 1. The average molecular weight is 566 g/mol. The SMILES string of the molecule is CN(C)C(=O)CNC(=NCc1ccccc1CN1CCC(O)C1)NCCc1ccccc1.I. The third-order valence-electron chi connectivity index (χ3n) is 5.62. The number of hydrogen-bond acceptors (Lipinski definition) is 4. The molecule has 1 saturated heterocycles. The number of aliphatic hydroxyl groups excluding tert-OH is 1. The normalized spacial score (nSPS) is 16.2. The van der Waals surface area contributed by atoms with E-state index >= 15 is 0 Å². The van der Waals surface area contributed by atoms with Gasteiger partial charge in [0.15, 0.2) is 5.96 Å². The topological polar surface area (TPSA) is 80.2 Å². The summed E-state index contributed by atoms with van der Waals surface area (Å²) in [5.74, 6) is 0.623. The Labute approximate surface area is 214 Å². The first-order chi connectivity index (χ1) is 15.5. The van der Waals surface area contributed by atoms with Gasteiger partial charge in [-0.2, -0.15) is 0 Å². The number of amides is 1. The van der Waals surface area contributed by atoms with E-state index in [0.29, 0.717) is 12.5 Å². The summed E-state index contributed by atoms with van der Waals surface area (Å²) in [6.45, 7) is 3.88. The standard InChI is InChI=1S/C25H35N5O2.HI/c1-29(2)24(32)17-28-25(26-14-12-20-8-4-3-5-9-20)27-16-21-10-6-7-11-22(21)18-30-15-13-23(31)19-30;/h3-11,23,31H,12-19H2,1-2H3,(H2,26,27,28);1H. The maximum atomic E-state index is 12.0. The van der Waals surface area contributed by atoms with Crippen molar-refractivity contribution in [1.82, 2.24) is 20.4 Å². The van der Waals surface area contributed by atoms with E-state index in [0.717, 1.165) is 44.6 Å². The molecule has 1 unspecified atom stereocenters. The van der Waals surface area contributed by atoms with Gasteiger partial charge in [-0.25, -0.2) is 4.99 Å². The summed E-state index contributed by atoms with van der Waals surface area (Å²) < 4.78 is 0. The molecule has 0 radical (unpaired) electrons. The molecule has 1 fully saturated rings. The molecule has 0 spiro atoms. The molecule has 0 bridgehead atoms. The number of rotatable bonds is 9. The number of hydrogen-bond donors (Lipinski definition) is 3. The molecule has 0 saturated carbocycles. The van der Waals surface area contributed by atoms with Gasteiger partial charge in [0.2, 0.25) is 5.91 Å². The van der Waals surface area contributed by atoms with Crippen LogP contribution >= 0.6 is 24.0 Å². The van der Waals surface area contributed by atoms with Crippen LogP contribution in [0.1, 0.15) is 23.1 Å². The number of likely N-dealkylation sites (N-methyl/N-ethyl adjacent to an activating group) is 1. The summed E-state index contributed by atoms with van der Waals surface area (Å²) in [6.07, 6.45) is 1.48. The van der Waals surface area contributed by atoms with Gasteiger partial charge in [-0.15, -0.1) is 24.0 Å². The van der Waals surface area contributed by atoms with Crippen LogP contribution in [0.2, 0.25) is 0 Å². The molecule has 1 aliphatic rings. The Bertz CT molecular complexity index is 891. The van der Waals surface area contributed by atoms with Gasteiger partial charge in [-0.05, 0) is 29.5 Å². The summed E-state index contributed by atoms with van der Waals surface area (Å²) in [6, 6.07) is 18.6. The molecule has 180 valence electrons. The number of nitrogens with zero attached hydrogens (tertiary/aromatic N) is 3. The number of likely N-dealkylation sites (tertiary alicyclic amines) is 1. The molecule has 3 rings (SSSR count). The molecule has 1 atom stereocenters. The predicted octanol–water partition coefficient (Wildman–Crippen LogP) is 2.24. The number of β-amino-alcohol motifs (C(OH)–C–C–N with tert-alkyl or cyclic N) is 1. The number of carbonyl (C=O) groups is 1. The van der Waals surface area contributed by atoms with Crippen LogP contribution in [0, 0.1) is 0 Å². The van der Waals surface area contributed by atoms with Gasteiger partial charge in [-0.3, -0.25) is 9.69 Å². The highest BCUT2D eigenvalue weighted by Gasteiger charge is 2.20. The van der Waals surface area contributed by atoms with E-state index in [4.69, 9.17) is 4.99 Å². The zero-order chi connectivity index (χ0) is 22.8. The van der Waals surface area contributed by atoms with E-state index in [1.54, 1.807) is 19.0 Å². The number of guanidine groups is 1. The minimum absolute atomic E-state index is 0. The molecule has 2 aromatic rings. The largest absolute Gasteiger partial charge is 0.392 e. The molecular formula is C25H36IN5O2. The minimum Gasteiger partial charge on any atom is -0.392 e. The van der Waals surface area contributed by atoms with Crippen LogP contribution < -0.4 is 10.6 Å². The third kappa shape index (κ3) is 9.30. The second-order valence-corrected chi connectivity index (χ2v) is 8.42. The van der Waals surface area contributed by atoms with Crippen LogP contribution in [0.15, 0.2) is 59.6 Å². The van der Waals surface area contributed by atoms with Crippen molar-refractivity contribution in [3.63, 3.8) is 0 Å². The maximum Gasteiger partial charge on any atom is 0.241 e. The molecule has 33 heavy (non-hydrogen) atoms. The monoisotopic (exact) mass is 565 g/mol. The number of aliphatic imine (C=N–C) groups is 1. The van der Waals surface area contributed by atoms with E-state index in [1.807, 2.05) is 30.3 Å². The van der Waals surface area contributed by atoms with Crippen molar-refractivity contribution in [2.75, 3.05) is 40.3 Å². The van der Waals surface area contributed by atoms with Crippen LogP contribution in [-0.4, -0.2) is 73.2 Å². The molecule has 7 nitrogen and oxygen atoms in total. The van der Waals surface area contributed by atoms with Gasteiger partial charge in [0, 0.05) is 40.3 Å². The van der Waals surface area contributed by atoms with E-state index in [9.17, 15) is 9.90 Å². The highest BCUT2D eigenvalue weighted by Crippen LogP contribution is 2.17. The molecule has 1 amide bonds. The quantitative estimate of drug-likeness (QED) is 0.247. The lowest BCUT2D eigenvalue weighted by Crippen LogP contribution is -2.43. The Hall–Kier alpha value is -2.17. The fourth-order valence-electron chi connectivity index (χ4n) is 3.69. The Morgan fingerprint density at radius 2 is 1.79 bits per heavy atom. The van der Waals surface area contributed by atoms with Crippen molar-refractivity contribution in [1.29, 1.82) is 0 Å². The summed E-state index contributed by atoms with van der Waals surface area (Å²) in [4.78, 5) is 20.6. The van der Waals surface area contributed by atoms with Gasteiger partial charge in [0.05, 0.1) is 19.2 Å². The van der Waals surface area contributed by atoms with E-state index in [1.165, 1.54) is 11.1 Å². The zero-order valence-electron chi connectivity index (χ0n) is 19.5. The maximum absolute atomic E-state index is 12.0. The third-order valence-corrected chi connectivity index (χ3v) is 5.62.